The number of sulfonamides is 1. The van der Waals surface area contributed by atoms with Crippen LogP contribution < -0.4 is 10.2 Å². The van der Waals surface area contributed by atoms with E-state index in [0.29, 0.717) is 31.9 Å². The lowest BCUT2D eigenvalue weighted by Gasteiger charge is -2.34. The van der Waals surface area contributed by atoms with Gasteiger partial charge in [0.2, 0.25) is 15.9 Å². The highest BCUT2D eigenvalue weighted by molar-refractivity contribution is 7.89. The van der Waals surface area contributed by atoms with E-state index in [4.69, 9.17) is 0 Å². The molecule has 154 valence electrons. The summed E-state index contributed by atoms with van der Waals surface area (Å²) in [6, 6.07) is 6.45. The summed E-state index contributed by atoms with van der Waals surface area (Å²) in [7, 11) is -3.57. The molecule has 1 saturated heterocycles. The minimum absolute atomic E-state index is 0.0261. The molecule has 0 spiro atoms. The molecule has 4 rings (SSSR count). The summed E-state index contributed by atoms with van der Waals surface area (Å²) in [5, 5.41) is 2.90. The molecule has 2 aromatic rings. The molecule has 9 heteroatoms. The highest BCUT2D eigenvalue weighted by Crippen LogP contribution is 2.26. The predicted octanol–water partition coefficient (Wildman–Crippen LogP) is 2.12. The number of hydrogen-bond donors (Lipinski definition) is 1. The minimum atomic E-state index is -3.57. The summed E-state index contributed by atoms with van der Waals surface area (Å²) in [5.41, 5.74) is 0.633. The zero-order valence-corrected chi connectivity index (χ0v) is 17.0. The van der Waals surface area contributed by atoms with Gasteiger partial charge in [-0.3, -0.25) is 9.78 Å². The van der Waals surface area contributed by atoms with Gasteiger partial charge in [0.25, 0.3) is 0 Å². The average Bonchev–Trinajstić information content (AvgIpc) is 3.30. The Morgan fingerprint density at radius 2 is 1.69 bits per heavy atom. The van der Waals surface area contributed by atoms with E-state index < -0.39 is 10.0 Å². The van der Waals surface area contributed by atoms with Crippen molar-refractivity contribution >= 4 is 27.4 Å². The van der Waals surface area contributed by atoms with E-state index in [9.17, 15) is 13.2 Å². The summed E-state index contributed by atoms with van der Waals surface area (Å²) in [6.07, 6.45) is 8.98. The van der Waals surface area contributed by atoms with Crippen LogP contribution in [0.25, 0.3) is 0 Å². The van der Waals surface area contributed by atoms with Crippen molar-refractivity contribution in [3.05, 3.63) is 42.9 Å². The first-order valence-electron chi connectivity index (χ1n) is 9.96. The van der Waals surface area contributed by atoms with E-state index in [-0.39, 0.29) is 16.7 Å². The maximum atomic E-state index is 13.0. The SMILES string of the molecule is O=C(Nc1ccc(S(=O)(=O)N2CCN(c3cnccn3)CC2)cc1)C1CCCC1. The van der Waals surface area contributed by atoms with E-state index in [0.717, 1.165) is 31.5 Å². The number of piperazine rings is 1. The highest BCUT2D eigenvalue weighted by atomic mass is 32.2. The summed E-state index contributed by atoms with van der Waals surface area (Å²) in [6.45, 7) is 1.90. The molecule has 29 heavy (non-hydrogen) atoms. The molecule has 1 aromatic heterocycles. The molecule has 2 aliphatic rings. The Hall–Kier alpha value is -2.52. The highest BCUT2D eigenvalue weighted by Gasteiger charge is 2.29. The second-order valence-corrected chi connectivity index (χ2v) is 9.39. The molecule has 0 bridgehead atoms. The molecule has 0 unspecified atom stereocenters. The van der Waals surface area contributed by atoms with Crippen molar-refractivity contribution in [2.75, 3.05) is 36.4 Å². The first kappa shape index (κ1) is 19.8. The number of anilines is 2. The van der Waals surface area contributed by atoms with Gasteiger partial charge in [-0.15, -0.1) is 0 Å². The van der Waals surface area contributed by atoms with Crippen molar-refractivity contribution < 1.29 is 13.2 Å². The third-order valence-electron chi connectivity index (χ3n) is 5.60. The maximum absolute atomic E-state index is 13.0. The van der Waals surface area contributed by atoms with Crippen LogP contribution in [0.2, 0.25) is 0 Å². The van der Waals surface area contributed by atoms with E-state index in [1.807, 2.05) is 4.90 Å². The number of carbonyl (C=O) groups is 1. The van der Waals surface area contributed by atoms with E-state index >= 15 is 0 Å². The lowest BCUT2D eigenvalue weighted by Crippen LogP contribution is -2.48. The molecule has 0 radical (unpaired) electrons. The minimum Gasteiger partial charge on any atom is -0.353 e. The number of carbonyl (C=O) groups excluding carboxylic acids is 1. The van der Waals surface area contributed by atoms with E-state index in [2.05, 4.69) is 15.3 Å². The van der Waals surface area contributed by atoms with Gasteiger partial charge in [0.05, 0.1) is 11.1 Å². The summed E-state index contributed by atoms with van der Waals surface area (Å²) in [5.74, 6) is 0.856. The molecule has 1 aromatic carbocycles. The van der Waals surface area contributed by atoms with Crippen molar-refractivity contribution in [2.45, 2.75) is 30.6 Å². The van der Waals surface area contributed by atoms with Crippen LogP contribution in [0.4, 0.5) is 11.5 Å². The lowest BCUT2D eigenvalue weighted by atomic mass is 10.1. The normalized spacial score (nSPS) is 18.7. The van der Waals surface area contributed by atoms with Gasteiger partial charge < -0.3 is 10.2 Å². The number of hydrogen-bond acceptors (Lipinski definition) is 6. The van der Waals surface area contributed by atoms with Crippen molar-refractivity contribution in [3.8, 4) is 0 Å². The zero-order valence-electron chi connectivity index (χ0n) is 16.2. The molecule has 1 N–H and O–H groups in total. The maximum Gasteiger partial charge on any atom is 0.243 e. The molecule has 2 fully saturated rings. The summed E-state index contributed by atoms with van der Waals surface area (Å²) in [4.78, 5) is 22.8. The quantitative estimate of drug-likeness (QED) is 0.804. The molecule has 0 atom stereocenters. The fourth-order valence-electron chi connectivity index (χ4n) is 3.90. The van der Waals surface area contributed by atoms with Crippen LogP contribution in [0.1, 0.15) is 25.7 Å². The standard InChI is InChI=1S/C20H25N5O3S/c26-20(16-3-1-2-4-16)23-17-5-7-18(8-6-17)29(27,28)25-13-11-24(12-14-25)19-15-21-9-10-22-19/h5-10,15-16H,1-4,11-14H2,(H,23,26). The third-order valence-corrected chi connectivity index (χ3v) is 7.51. The average molecular weight is 416 g/mol. The number of aromatic nitrogens is 2. The first-order chi connectivity index (χ1) is 14.0. The van der Waals surface area contributed by atoms with Crippen LogP contribution in [0.5, 0.6) is 0 Å². The van der Waals surface area contributed by atoms with Gasteiger partial charge in [0.15, 0.2) is 0 Å². The lowest BCUT2D eigenvalue weighted by molar-refractivity contribution is -0.119. The van der Waals surface area contributed by atoms with Gasteiger partial charge in [-0.1, -0.05) is 12.8 Å². The van der Waals surface area contributed by atoms with Crippen molar-refractivity contribution in [3.63, 3.8) is 0 Å². The molecule has 1 saturated carbocycles. The summed E-state index contributed by atoms with van der Waals surface area (Å²) < 4.78 is 27.4. The number of amides is 1. The molecule has 1 aliphatic carbocycles. The molecule has 1 amide bonds. The van der Waals surface area contributed by atoms with Gasteiger partial charge >= 0.3 is 0 Å². The van der Waals surface area contributed by atoms with Crippen molar-refractivity contribution in [1.82, 2.24) is 14.3 Å². The molecular weight excluding hydrogens is 390 g/mol. The topological polar surface area (TPSA) is 95.5 Å². The fourth-order valence-corrected chi connectivity index (χ4v) is 5.33. The van der Waals surface area contributed by atoms with Crippen LogP contribution >= 0.6 is 0 Å². The van der Waals surface area contributed by atoms with Gasteiger partial charge in [-0.2, -0.15) is 4.31 Å². The van der Waals surface area contributed by atoms with Gasteiger partial charge in [0, 0.05) is 50.2 Å². The Kier molecular flexibility index (Phi) is 5.77. The molecule has 1 aliphatic heterocycles. The Bertz CT molecular complexity index is 936. The number of benzene rings is 1. The van der Waals surface area contributed by atoms with Crippen LogP contribution in [-0.4, -0.2) is 54.8 Å². The van der Waals surface area contributed by atoms with E-state index in [1.54, 1.807) is 42.9 Å². The number of rotatable bonds is 5. The van der Waals surface area contributed by atoms with Crippen LogP contribution in [0, 0.1) is 5.92 Å². The fraction of sp³-hybridized carbons (Fsp3) is 0.450. The van der Waals surface area contributed by atoms with Crippen LogP contribution in [0.3, 0.4) is 0 Å². The second-order valence-electron chi connectivity index (χ2n) is 7.45. The number of nitrogens with one attached hydrogen (secondary N) is 1. The van der Waals surface area contributed by atoms with Gasteiger partial charge in [-0.25, -0.2) is 13.4 Å². The predicted molar refractivity (Wildman–Crippen MR) is 110 cm³/mol. The molecular formula is C20H25N5O3S. The first-order valence-corrected chi connectivity index (χ1v) is 11.4. The third kappa shape index (κ3) is 4.40. The van der Waals surface area contributed by atoms with Crippen LogP contribution in [-0.2, 0) is 14.8 Å². The monoisotopic (exact) mass is 415 g/mol. The number of nitrogens with zero attached hydrogens (tertiary/aromatic N) is 4. The Morgan fingerprint density at radius 3 is 2.31 bits per heavy atom. The van der Waals surface area contributed by atoms with Crippen molar-refractivity contribution in [1.29, 1.82) is 0 Å². The Balaban J connectivity index is 1.38. The van der Waals surface area contributed by atoms with Gasteiger partial charge in [-0.05, 0) is 37.1 Å². The smallest absolute Gasteiger partial charge is 0.243 e. The molecule has 2 heterocycles. The largest absolute Gasteiger partial charge is 0.353 e. The van der Waals surface area contributed by atoms with E-state index in [1.165, 1.54) is 4.31 Å². The molecule has 8 nitrogen and oxygen atoms in total. The Morgan fingerprint density at radius 1 is 1.00 bits per heavy atom. The zero-order chi connectivity index (χ0) is 20.3. The van der Waals surface area contributed by atoms with Crippen LogP contribution in [0.15, 0.2) is 47.8 Å². The van der Waals surface area contributed by atoms with Crippen molar-refractivity contribution in [2.24, 2.45) is 5.92 Å². The van der Waals surface area contributed by atoms with Gasteiger partial charge in [0.1, 0.15) is 5.82 Å². The second kappa shape index (κ2) is 8.46. The summed E-state index contributed by atoms with van der Waals surface area (Å²) >= 11 is 0. The Labute approximate surface area is 171 Å².